The molecule has 4 N–H and O–H groups in total. The number of aromatic nitrogens is 4. The van der Waals surface area contributed by atoms with Gasteiger partial charge in [-0.2, -0.15) is 0 Å². The molecule has 3 amide bonds. The predicted octanol–water partition coefficient (Wildman–Crippen LogP) is 3.75. The number of carbonyl (C=O) groups is 3. The molecule has 2 aromatic carbocycles. The minimum Gasteiger partial charge on any atom is -0.391 e. The van der Waals surface area contributed by atoms with Gasteiger partial charge in [0.1, 0.15) is 6.04 Å². The number of sulfone groups is 1. The second kappa shape index (κ2) is 19.6. The van der Waals surface area contributed by atoms with Crippen LogP contribution in [0.2, 0.25) is 0 Å². The van der Waals surface area contributed by atoms with E-state index in [4.69, 9.17) is 0 Å². The summed E-state index contributed by atoms with van der Waals surface area (Å²) in [5, 5.41) is 32.5. The molecule has 3 rings (SSSR count). The number of aliphatic hydroxyl groups is 1. The van der Waals surface area contributed by atoms with Crippen molar-refractivity contribution in [3.05, 3.63) is 48.0 Å². The number of unbranched alkanes of at least 4 members (excludes halogenated alkanes) is 1. The quantitative estimate of drug-likeness (QED) is 0.127. The van der Waals surface area contributed by atoms with Gasteiger partial charge in [-0.1, -0.05) is 102 Å². The number of nitrogens with one attached hydrogen (secondary N) is 3. The fraction of sp³-hybridized carbons (Fsp3) is 0.622. The van der Waals surface area contributed by atoms with Gasteiger partial charge in [-0.05, 0) is 70.7 Å². The minimum absolute atomic E-state index is 0.0891. The van der Waals surface area contributed by atoms with Crippen LogP contribution in [-0.4, -0.2) is 81.9 Å². The molecular formula is C37H57N7O6S. The summed E-state index contributed by atoms with van der Waals surface area (Å²) >= 11 is 0. The first-order chi connectivity index (χ1) is 24.2. The molecule has 0 saturated carbocycles. The van der Waals surface area contributed by atoms with Crippen molar-refractivity contribution in [1.29, 1.82) is 0 Å². The molecule has 0 radical (unpaired) electrons. The van der Waals surface area contributed by atoms with Crippen LogP contribution in [0.5, 0.6) is 0 Å². The van der Waals surface area contributed by atoms with Crippen LogP contribution < -0.4 is 16.0 Å². The topological polar surface area (TPSA) is 185 Å². The average molecular weight is 728 g/mol. The number of hydrogen-bond acceptors (Lipinski definition) is 9. The number of hydrogen-bond donors (Lipinski definition) is 4. The van der Waals surface area contributed by atoms with E-state index in [1.165, 1.54) is 7.05 Å². The van der Waals surface area contributed by atoms with Gasteiger partial charge < -0.3 is 21.1 Å². The number of amides is 3. The van der Waals surface area contributed by atoms with E-state index in [1.807, 2.05) is 84.0 Å². The second-order valence-electron chi connectivity index (χ2n) is 14.4. The van der Waals surface area contributed by atoms with E-state index < -0.39 is 57.4 Å². The maximum absolute atomic E-state index is 14.2. The molecule has 282 valence electrons. The molecule has 13 nitrogen and oxygen atoms in total. The first-order valence-electron chi connectivity index (χ1n) is 18.1. The molecule has 0 aliphatic heterocycles. The molecule has 1 heterocycles. The summed E-state index contributed by atoms with van der Waals surface area (Å²) in [4.78, 5) is 41.0. The Balaban J connectivity index is 1.88. The zero-order chi connectivity index (χ0) is 37.7. The summed E-state index contributed by atoms with van der Waals surface area (Å²) in [6.45, 7) is 12.4. The smallest absolute Gasteiger partial charge is 0.267 e. The Hall–Kier alpha value is -3.91. The lowest BCUT2D eigenvalue weighted by Crippen LogP contribution is -2.54. The number of nitrogens with zero attached hydrogens (tertiary/aromatic N) is 4. The Kier molecular flexibility index (Phi) is 16.0. The maximum Gasteiger partial charge on any atom is 0.267 e. The molecule has 0 spiro atoms. The Morgan fingerprint density at radius 3 is 2.22 bits per heavy atom. The lowest BCUT2D eigenvalue weighted by Gasteiger charge is -2.30. The van der Waals surface area contributed by atoms with Crippen LogP contribution in [0, 0.1) is 23.7 Å². The summed E-state index contributed by atoms with van der Waals surface area (Å²) in [5.74, 6) is -2.87. The third kappa shape index (κ3) is 12.4. The molecule has 1 aromatic heterocycles. The van der Waals surface area contributed by atoms with Crippen molar-refractivity contribution in [2.24, 2.45) is 30.7 Å². The fourth-order valence-electron chi connectivity index (χ4n) is 6.22. The summed E-state index contributed by atoms with van der Waals surface area (Å²) < 4.78 is 28.2. The van der Waals surface area contributed by atoms with Crippen LogP contribution in [0.4, 0.5) is 0 Å². The first-order valence-corrected chi connectivity index (χ1v) is 19.8. The van der Waals surface area contributed by atoms with Gasteiger partial charge in [0.15, 0.2) is 0 Å². The van der Waals surface area contributed by atoms with Gasteiger partial charge >= 0.3 is 0 Å². The van der Waals surface area contributed by atoms with Crippen molar-refractivity contribution in [3.63, 3.8) is 0 Å². The van der Waals surface area contributed by atoms with Crippen molar-refractivity contribution in [3.8, 4) is 0 Å². The normalized spacial score (nSPS) is 14.9. The highest BCUT2D eigenvalue weighted by Crippen LogP contribution is 2.24. The summed E-state index contributed by atoms with van der Waals surface area (Å²) in [5.41, 5.74) is 0.789. The van der Waals surface area contributed by atoms with Crippen molar-refractivity contribution < 1.29 is 27.9 Å². The van der Waals surface area contributed by atoms with E-state index in [9.17, 15) is 27.9 Å². The standard InChI is InChI=1S/C37H57N7O6S/c1-8-10-18-31(36(48)40-32(19-24(3)4)33(45)21-26(9-2)34(46)38-22-25(5)6)39-35(47)29(23-51(49,50)37-41-42-43-44(37)7)20-28-16-13-15-27-14-11-12-17-30(27)28/h11-17,24-26,29,31-33,45H,8-10,18-23H2,1-7H3,(H,38,46)(H,39,47)(H,40,48)/t26?,29-,31+,32+,33+/m1/s1. The number of aryl methyl sites for hydroxylation is 1. The Labute approximate surface area is 302 Å². The van der Waals surface area contributed by atoms with Crippen molar-refractivity contribution in [1.82, 2.24) is 36.2 Å². The summed E-state index contributed by atoms with van der Waals surface area (Å²) in [7, 11) is -2.70. The summed E-state index contributed by atoms with van der Waals surface area (Å²) in [6, 6.07) is 11.7. The van der Waals surface area contributed by atoms with Crippen molar-refractivity contribution in [2.45, 2.75) is 110 Å². The number of carbonyl (C=O) groups excluding carboxylic acids is 3. The predicted molar refractivity (Wildman–Crippen MR) is 197 cm³/mol. The van der Waals surface area contributed by atoms with Gasteiger partial charge in [-0.3, -0.25) is 14.4 Å². The van der Waals surface area contributed by atoms with E-state index in [0.29, 0.717) is 32.2 Å². The van der Waals surface area contributed by atoms with Crippen LogP contribution >= 0.6 is 0 Å². The van der Waals surface area contributed by atoms with Gasteiger partial charge in [0.2, 0.25) is 27.6 Å². The van der Waals surface area contributed by atoms with Crippen LogP contribution in [0.15, 0.2) is 47.6 Å². The zero-order valence-corrected chi connectivity index (χ0v) is 31.9. The number of tetrazole rings is 1. The lowest BCUT2D eigenvalue weighted by atomic mass is 9.90. The number of rotatable bonds is 21. The van der Waals surface area contributed by atoms with E-state index >= 15 is 0 Å². The third-order valence-corrected chi connectivity index (χ3v) is 10.8. The van der Waals surface area contributed by atoms with Crippen molar-refractivity contribution in [2.75, 3.05) is 12.3 Å². The molecule has 0 bridgehead atoms. The highest BCUT2D eigenvalue weighted by Gasteiger charge is 2.34. The number of aliphatic hydroxyl groups excluding tert-OH is 1. The highest BCUT2D eigenvalue weighted by molar-refractivity contribution is 7.91. The van der Waals surface area contributed by atoms with Crippen molar-refractivity contribution >= 4 is 38.3 Å². The van der Waals surface area contributed by atoms with Gasteiger partial charge in [0.05, 0.1) is 23.8 Å². The molecule has 0 fully saturated rings. The van der Waals surface area contributed by atoms with E-state index in [2.05, 4.69) is 31.5 Å². The molecule has 1 unspecified atom stereocenters. The first kappa shape index (κ1) is 41.5. The van der Waals surface area contributed by atoms with Gasteiger partial charge in [-0.25, -0.2) is 13.1 Å². The van der Waals surface area contributed by atoms with Crippen LogP contribution in [-0.2, 0) is 37.7 Å². The van der Waals surface area contributed by atoms with Gasteiger partial charge in [-0.15, -0.1) is 0 Å². The summed E-state index contributed by atoms with van der Waals surface area (Å²) in [6.07, 6.45) is 1.95. The fourth-order valence-corrected chi connectivity index (χ4v) is 7.77. The zero-order valence-electron chi connectivity index (χ0n) is 31.1. The van der Waals surface area contributed by atoms with E-state index in [0.717, 1.165) is 27.4 Å². The molecule has 51 heavy (non-hydrogen) atoms. The molecule has 5 atom stereocenters. The van der Waals surface area contributed by atoms with Crippen LogP contribution in [0.25, 0.3) is 10.8 Å². The molecule has 0 aliphatic rings. The Bertz CT molecular complexity index is 1690. The largest absolute Gasteiger partial charge is 0.391 e. The van der Waals surface area contributed by atoms with Gasteiger partial charge in [0.25, 0.3) is 5.16 Å². The molecule has 3 aromatic rings. The number of benzene rings is 2. The molecule has 0 saturated heterocycles. The van der Waals surface area contributed by atoms with Crippen LogP contribution in [0.3, 0.4) is 0 Å². The van der Waals surface area contributed by atoms with E-state index in [-0.39, 0.29) is 35.7 Å². The highest BCUT2D eigenvalue weighted by atomic mass is 32.2. The molecule has 0 aliphatic carbocycles. The Morgan fingerprint density at radius 1 is 0.882 bits per heavy atom. The third-order valence-electron chi connectivity index (χ3n) is 9.07. The number of fused-ring (bicyclic) bond motifs is 1. The Morgan fingerprint density at radius 2 is 1.59 bits per heavy atom. The molecular weight excluding hydrogens is 671 g/mol. The van der Waals surface area contributed by atoms with Crippen LogP contribution in [0.1, 0.15) is 85.6 Å². The second-order valence-corrected chi connectivity index (χ2v) is 16.3. The lowest BCUT2D eigenvalue weighted by molar-refractivity contribution is -0.132. The monoisotopic (exact) mass is 727 g/mol. The van der Waals surface area contributed by atoms with Gasteiger partial charge in [0, 0.05) is 19.5 Å². The molecule has 14 heteroatoms. The average Bonchev–Trinajstić information content (AvgIpc) is 3.53. The minimum atomic E-state index is -4.11. The van der Waals surface area contributed by atoms with E-state index in [1.54, 1.807) is 0 Å². The SMILES string of the molecule is CCCC[C@H](NC(=O)[C@H](Cc1cccc2ccccc12)CS(=O)(=O)c1nnnn1C)C(=O)N[C@@H](CC(C)C)[C@@H](O)CC(CC)C(=O)NCC(C)C. The maximum atomic E-state index is 14.2.